The quantitative estimate of drug-likeness (QED) is 0.658. The molecule has 1 fully saturated rings. The van der Waals surface area contributed by atoms with Gasteiger partial charge in [-0.1, -0.05) is 0 Å². The molecule has 3 N–H and O–H groups in total. The predicted octanol–water partition coefficient (Wildman–Crippen LogP) is 0.0586. The Kier molecular flexibility index (Phi) is 5.31. The van der Waals surface area contributed by atoms with E-state index in [1.54, 1.807) is 11.8 Å². The van der Waals surface area contributed by atoms with Crippen LogP contribution in [0.1, 0.15) is 33.6 Å². The van der Waals surface area contributed by atoms with Gasteiger partial charge in [0.25, 0.3) is 0 Å². The zero-order valence-electron chi connectivity index (χ0n) is 11.8. The molecule has 0 aromatic heterocycles. The Labute approximate surface area is 113 Å². The van der Waals surface area contributed by atoms with Gasteiger partial charge in [-0.2, -0.15) is 0 Å². The molecular weight excluding hydrogens is 248 g/mol. The smallest absolute Gasteiger partial charge is 0.306 e. The van der Waals surface area contributed by atoms with Gasteiger partial charge in [-0.15, -0.1) is 0 Å². The van der Waals surface area contributed by atoms with Gasteiger partial charge in [0.2, 0.25) is 5.91 Å². The summed E-state index contributed by atoms with van der Waals surface area (Å²) >= 11 is 0. The Hall–Kier alpha value is -1.14. The summed E-state index contributed by atoms with van der Waals surface area (Å²) in [5.41, 5.74) is -0.519. The minimum absolute atomic E-state index is 0.0439. The minimum atomic E-state index is -0.777. The summed E-state index contributed by atoms with van der Waals surface area (Å²) in [6, 6.07) is 0. The third-order valence-corrected chi connectivity index (χ3v) is 3.94. The topological polar surface area (TPSA) is 89.9 Å². The normalized spacial score (nSPS) is 19.3. The number of hydrogen-bond acceptors (Lipinski definition) is 4. The first-order valence-electron chi connectivity index (χ1n) is 6.67. The van der Waals surface area contributed by atoms with Gasteiger partial charge in [-0.05, 0) is 33.6 Å². The number of aliphatic carboxylic acids is 1. The summed E-state index contributed by atoms with van der Waals surface area (Å²) in [4.78, 5) is 24.5. The molecule has 110 valence electrons. The van der Waals surface area contributed by atoms with Crippen molar-refractivity contribution in [2.45, 2.75) is 45.3 Å². The van der Waals surface area contributed by atoms with Crippen molar-refractivity contribution in [3.8, 4) is 0 Å². The van der Waals surface area contributed by atoms with Gasteiger partial charge in [0.1, 0.15) is 0 Å². The van der Waals surface area contributed by atoms with Crippen LogP contribution in [-0.4, -0.2) is 58.3 Å². The van der Waals surface area contributed by atoms with E-state index < -0.39 is 17.6 Å². The zero-order chi connectivity index (χ0) is 14.6. The second-order valence-corrected chi connectivity index (χ2v) is 5.74. The van der Waals surface area contributed by atoms with Crippen LogP contribution < -0.4 is 5.32 Å². The Morgan fingerprint density at radius 3 is 2.32 bits per heavy atom. The molecule has 6 nitrogen and oxygen atoms in total. The minimum Gasteiger partial charge on any atom is -0.481 e. The van der Waals surface area contributed by atoms with Crippen molar-refractivity contribution in [3.05, 3.63) is 0 Å². The van der Waals surface area contributed by atoms with Gasteiger partial charge in [-0.3, -0.25) is 9.59 Å². The van der Waals surface area contributed by atoms with E-state index in [9.17, 15) is 14.7 Å². The van der Waals surface area contributed by atoms with Crippen molar-refractivity contribution >= 4 is 11.9 Å². The Balaban J connectivity index is 2.38. The average Bonchev–Trinajstić information content (AvgIpc) is 2.36. The summed E-state index contributed by atoms with van der Waals surface area (Å²) in [5, 5.41) is 21.5. The molecule has 1 aliphatic rings. The van der Waals surface area contributed by atoms with Crippen LogP contribution in [0.4, 0.5) is 0 Å². The SMILES string of the molecule is CC(O)C(C)(C)NCC(=O)N1CCC(C(=O)O)CC1. The third-order valence-electron chi connectivity index (χ3n) is 3.94. The molecule has 0 bridgehead atoms. The number of nitrogens with zero attached hydrogens (tertiary/aromatic N) is 1. The number of rotatable bonds is 5. The fourth-order valence-corrected chi connectivity index (χ4v) is 1.94. The van der Waals surface area contributed by atoms with E-state index in [0.29, 0.717) is 25.9 Å². The van der Waals surface area contributed by atoms with Crippen LogP contribution in [-0.2, 0) is 9.59 Å². The van der Waals surface area contributed by atoms with Gasteiger partial charge in [0, 0.05) is 18.6 Å². The number of piperidine rings is 1. The zero-order valence-corrected chi connectivity index (χ0v) is 11.8. The molecular formula is C13H24N2O4. The van der Waals surface area contributed by atoms with Crippen LogP contribution in [0.25, 0.3) is 0 Å². The molecule has 0 saturated carbocycles. The molecule has 0 radical (unpaired) electrons. The molecule has 0 aliphatic carbocycles. The highest BCUT2D eigenvalue weighted by Gasteiger charge is 2.29. The molecule has 0 aromatic rings. The first-order valence-corrected chi connectivity index (χ1v) is 6.67. The molecule has 1 aliphatic heterocycles. The lowest BCUT2D eigenvalue weighted by molar-refractivity contribution is -0.145. The van der Waals surface area contributed by atoms with Crippen LogP contribution >= 0.6 is 0 Å². The molecule has 6 heteroatoms. The fourth-order valence-electron chi connectivity index (χ4n) is 1.94. The van der Waals surface area contributed by atoms with E-state index in [-0.39, 0.29) is 18.4 Å². The van der Waals surface area contributed by atoms with E-state index in [4.69, 9.17) is 5.11 Å². The molecule has 19 heavy (non-hydrogen) atoms. The average molecular weight is 272 g/mol. The third kappa shape index (κ3) is 4.47. The van der Waals surface area contributed by atoms with Crippen molar-refractivity contribution in [3.63, 3.8) is 0 Å². The van der Waals surface area contributed by atoms with E-state index in [0.717, 1.165) is 0 Å². The number of carbonyl (C=O) groups excluding carboxylic acids is 1. The predicted molar refractivity (Wildman–Crippen MR) is 70.7 cm³/mol. The maximum atomic E-state index is 12.0. The van der Waals surface area contributed by atoms with Gasteiger partial charge < -0.3 is 20.4 Å². The lowest BCUT2D eigenvalue weighted by Crippen LogP contribution is -2.53. The number of amides is 1. The molecule has 1 atom stereocenters. The summed E-state index contributed by atoms with van der Waals surface area (Å²) in [6.45, 7) is 6.49. The molecule has 0 aromatic carbocycles. The van der Waals surface area contributed by atoms with Crippen molar-refractivity contribution in [1.82, 2.24) is 10.2 Å². The molecule has 1 amide bonds. The van der Waals surface area contributed by atoms with Gasteiger partial charge >= 0.3 is 5.97 Å². The maximum Gasteiger partial charge on any atom is 0.306 e. The van der Waals surface area contributed by atoms with Crippen molar-refractivity contribution in [2.24, 2.45) is 5.92 Å². The van der Waals surface area contributed by atoms with E-state index in [2.05, 4.69) is 5.32 Å². The molecule has 1 heterocycles. The molecule has 1 unspecified atom stereocenters. The second kappa shape index (κ2) is 6.34. The van der Waals surface area contributed by atoms with Crippen molar-refractivity contribution < 1.29 is 19.8 Å². The standard InChI is InChI=1S/C13H24N2O4/c1-9(16)13(2,3)14-8-11(17)15-6-4-10(5-7-15)12(18)19/h9-10,14,16H,4-8H2,1-3H3,(H,18,19). The van der Waals surface area contributed by atoms with Gasteiger partial charge in [-0.25, -0.2) is 0 Å². The van der Waals surface area contributed by atoms with Gasteiger partial charge in [0.15, 0.2) is 0 Å². The van der Waals surface area contributed by atoms with Crippen molar-refractivity contribution in [1.29, 1.82) is 0 Å². The second-order valence-electron chi connectivity index (χ2n) is 5.74. The number of hydrogen-bond donors (Lipinski definition) is 3. The number of aliphatic hydroxyl groups is 1. The largest absolute Gasteiger partial charge is 0.481 e. The summed E-state index contributed by atoms with van der Waals surface area (Å²) in [5.74, 6) is -1.15. The number of carboxylic acid groups (broad SMARTS) is 1. The Morgan fingerprint density at radius 1 is 1.37 bits per heavy atom. The maximum absolute atomic E-state index is 12.0. The van der Waals surface area contributed by atoms with Crippen LogP contribution in [0.2, 0.25) is 0 Å². The van der Waals surface area contributed by atoms with Crippen LogP contribution in [0, 0.1) is 5.92 Å². The highest BCUT2D eigenvalue weighted by Crippen LogP contribution is 2.17. The van der Waals surface area contributed by atoms with Gasteiger partial charge in [0.05, 0.1) is 18.6 Å². The molecule has 1 saturated heterocycles. The number of aliphatic hydroxyl groups excluding tert-OH is 1. The monoisotopic (exact) mass is 272 g/mol. The van der Waals surface area contributed by atoms with Crippen LogP contribution in [0.3, 0.4) is 0 Å². The van der Waals surface area contributed by atoms with E-state index in [1.807, 2.05) is 13.8 Å². The van der Waals surface area contributed by atoms with Crippen LogP contribution in [0.5, 0.6) is 0 Å². The lowest BCUT2D eigenvalue weighted by atomic mass is 9.96. The van der Waals surface area contributed by atoms with E-state index in [1.165, 1.54) is 0 Å². The summed E-state index contributed by atoms with van der Waals surface area (Å²) < 4.78 is 0. The number of nitrogens with one attached hydrogen (secondary N) is 1. The van der Waals surface area contributed by atoms with E-state index >= 15 is 0 Å². The number of carboxylic acids is 1. The Morgan fingerprint density at radius 2 is 1.89 bits per heavy atom. The van der Waals surface area contributed by atoms with Crippen molar-refractivity contribution in [2.75, 3.05) is 19.6 Å². The fraction of sp³-hybridized carbons (Fsp3) is 0.846. The molecule has 1 rings (SSSR count). The summed E-state index contributed by atoms with van der Waals surface area (Å²) in [6.07, 6.45) is 0.472. The van der Waals surface area contributed by atoms with Crippen LogP contribution in [0.15, 0.2) is 0 Å². The highest BCUT2D eigenvalue weighted by molar-refractivity contribution is 5.79. The Bertz CT molecular complexity index is 334. The number of carbonyl (C=O) groups is 2. The lowest BCUT2D eigenvalue weighted by Gasteiger charge is -2.33. The first kappa shape index (κ1) is 15.9. The first-order chi connectivity index (χ1) is 8.74. The summed E-state index contributed by atoms with van der Waals surface area (Å²) in [7, 11) is 0. The molecule has 0 spiro atoms. The highest BCUT2D eigenvalue weighted by atomic mass is 16.4. The number of likely N-dealkylation sites (tertiary alicyclic amines) is 1.